The Labute approximate surface area is 144 Å². The lowest BCUT2D eigenvalue weighted by Crippen LogP contribution is -2.27. The molecule has 0 bridgehead atoms. The molecule has 0 spiro atoms. The van der Waals surface area contributed by atoms with E-state index in [1.54, 1.807) is 6.26 Å². The highest BCUT2D eigenvalue weighted by Gasteiger charge is 2.15. The van der Waals surface area contributed by atoms with Gasteiger partial charge >= 0.3 is 0 Å². The number of fused-ring (bicyclic) bond motifs is 1. The Balaban J connectivity index is 1.66. The molecule has 2 heterocycles. The van der Waals surface area contributed by atoms with E-state index in [-0.39, 0.29) is 5.91 Å². The second kappa shape index (κ2) is 6.60. The first-order valence-electron chi connectivity index (χ1n) is 7.77. The highest BCUT2D eigenvalue weighted by atomic mass is 32.1. The molecule has 0 unspecified atom stereocenters. The van der Waals surface area contributed by atoms with Crippen LogP contribution in [-0.4, -0.2) is 22.6 Å². The number of benzene rings is 1. The predicted octanol–water partition coefficient (Wildman–Crippen LogP) is 2.69. The van der Waals surface area contributed by atoms with Crippen molar-refractivity contribution in [2.45, 2.75) is 33.6 Å². The SMILES string of the molecule is Cc1cc(C)c2c(CC(=O)NCCc3nnc(N)s3)coc2c1C. The Hall–Kier alpha value is -2.41. The first-order valence-corrected chi connectivity index (χ1v) is 8.58. The van der Waals surface area contributed by atoms with Gasteiger partial charge in [0, 0.05) is 23.9 Å². The molecule has 0 aliphatic heterocycles. The molecule has 1 aromatic carbocycles. The minimum absolute atomic E-state index is 0.0344. The molecule has 3 N–H and O–H groups in total. The van der Waals surface area contributed by atoms with Crippen LogP contribution in [0.2, 0.25) is 0 Å². The average molecular weight is 344 g/mol. The van der Waals surface area contributed by atoms with Gasteiger partial charge in [0.2, 0.25) is 11.0 Å². The summed E-state index contributed by atoms with van der Waals surface area (Å²) in [6.07, 6.45) is 2.62. The van der Waals surface area contributed by atoms with E-state index >= 15 is 0 Å². The molecule has 0 aliphatic rings. The molecular weight excluding hydrogens is 324 g/mol. The highest BCUT2D eigenvalue weighted by Crippen LogP contribution is 2.30. The number of nitrogen functional groups attached to an aromatic ring is 1. The van der Waals surface area contributed by atoms with Gasteiger partial charge in [-0.15, -0.1) is 10.2 Å². The number of hydrogen-bond acceptors (Lipinski definition) is 6. The van der Waals surface area contributed by atoms with E-state index in [0.29, 0.717) is 24.5 Å². The third kappa shape index (κ3) is 3.26. The first kappa shape index (κ1) is 16.4. The number of aryl methyl sites for hydroxylation is 3. The van der Waals surface area contributed by atoms with E-state index in [1.807, 2.05) is 13.8 Å². The lowest BCUT2D eigenvalue weighted by Gasteiger charge is -2.06. The summed E-state index contributed by atoms with van der Waals surface area (Å²) < 4.78 is 5.71. The average Bonchev–Trinajstić information content (AvgIpc) is 3.12. The van der Waals surface area contributed by atoms with E-state index in [1.165, 1.54) is 16.9 Å². The maximum Gasteiger partial charge on any atom is 0.224 e. The molecule has 3 rings (SSSR count). The second-order valence-corrected chi connectivity index (χ2v) is 7.00. The summed E-state index contributed by atoms with van der Waals surface area (Å²) in [5.41, 5.74) is 10.8. The Morgan fingerprint density at radius 1 is 1.29 bits per heavy atom. The fourth-order valence-corrected chi connectivity index (χ4v) is 3.44. The van der Waals surface area contributed by atoms with Crippen LogP contribution in [0, 0.1) is 20.8 Å². The monoisotopic (exact) mass is 344 g/mol. The number of nitrogens with one attached hydrogen (secondary N) is 1. The molecule has 7 heteroatoms. The van der Waals surface area contributed by atoms with Crippen molar-refractivity contribution in [1.29, 1.82) is 0 Å². The number of nitrogens with zero attached hydrogens (tertiary/aromatic N) is 2. The van der Waals surface area contributed by atoms with Crippen LogP contribution in [0.25, 0.3) is 11.0 Å². The molecule has 6 nitrogen and oxygen atoms in total. The number of anilines is 1. The standard InChI is InChI=1S/C17H20N4O2S/c1-9-6-10(2)15-12(8-23-16(15)11(9)3)7-13(22)19-5-4-14-20-21-17(18)24-14/h6,8H,4-5,7H2,1-3H3,(H2,18,21)(H,19,22). The van der Waals surface area contributed by atoms with Crippen LogP contribution in [0.15, 0.2) is 16.7 Å². The summed E-state index contributed by atoms with van der Waals surface area (Å²) in [5.74, 6) is -0.0344. The molecule has 0 fully saturated rings. The third-order valence-corrected chi connectivity index (χ3v) is 4.93. The van der Waals surface area contributed by atoms with Gasteiger partial charge < -0.3 is 15.5 Å². The van der Waals surface area contributed by atoms with E-state index in [2.05, 4.69) is 28.5 Å². The molecule has 0 radical (unpaired) electrons. The number of amides is 1. The number of carbonyl (C=O) groups is 1. The fourth-order valence-electron chi connectivity index (χ4n) is 2.83. The lowest BCUT2D eigenvalue weighted by molar-refractivity contribution is -0.120. The van der Waals surface area contributed by atoms with Crippen LogP contribution in [0.4, 0.5) is 5.13 Å². The van der Waals surface area contributed by atoms with Gasteiger partial charge in [-0.25, -0.2) is 0 Å². The van der Waals surface area contributed by atoms with Crippen molar-refractivity contribution in [2.75, 3.05) is 12.3 Å². The van der Waals surface area contributed by atoms with Gasteiger partial charge in [-0.1, -0.05) is 17.4 Å². The smallest absolute Gasteiger partial charge is 0.224 e. The molecule has 0 saturated heterocycles. The number of nitrogens with two attached hydrogens (primary N) is 1. The zero-order chi connectivity index (χ0) is 17.3. The molecule has 3 aromatic rings. The van der Waals surface area contributed by atoms with Crippen molar-refractivity contribution in [3.8, 4) is 0 Å². The van der Waals surface area contributed by atoms with E-state index in [4.69, 9.17) is 10.2 Å². The van der Waals surface area contributed by atoms with Crippen molar-refractivity contribution in [2.24, 2.45) is 0 Å². The normalized spacial score (nSPS) is 11.1. The fraction of sp³-hybridized carbons (Fsp3) is 0.353. The maximum absolute atomic E-state index is 12.2. The van der Waals surface area contributed by atoms with Gasteiger partial charge in [0.15, 0.2) is 0 Å². The summed E-state index contributed by atoms with van der Waals surface area (Å²) in [6, 6.07) is 2.13. The Morgan fingerprint density at radius 3 is 2.79 bits per heavy atom. The number of rotatable bonds is 5. The number of hydrogen-bond donors (Lipinski definition) is 2. The largest absolute Gasteiger partial charge is 0.464 e. The quantitative estimate of drug-likeness (QED) is 0.742. The Bertz CT molecular complexity index is 898. The molecular formula is C17H20N4O2S. The van der Waals surface area contributed by atoms with Crippen molar-refractivity contribution < 1.29 is 9.21 Å². The number of carbonyl (C=O) groups excluding carboxylic acids is 1. The minimum atomic E-state index is -0.0344. The maximum atomic E-state index is 12.2. The van der Waals surface area contributed by atoms with E-state index < -0.39 is 0 Å². The second-order valence-electron chi connectivity index (χ2n) is 5.91. The highest BCUT2D eigenvalue weighted by molar-refractivity contribution is 7.15. The van der Waals surface area contributed by atoms with Gasteiger partial charge in [-0.3, -0.25) is 4.79 Å². The first-order chi connectivity index (χ1) is 11.5. The molecule has 2 aromatic heterocycles. The number of furan rings is 1. The topological polar surface area (TPSA) is 94.0 Å². The number of aromatic nitrogens is 2. The predicted molar refractivity (Wildman–Crippen MR) is 95.2 cm³/mol. The zero-order valence-corrected chi connectivity index (χ0v) is 14.8. The summed E-state index contributed by atoms with van der Waals surface area (Å²) in [6.45, 7) is 6.67. The van der Waals surface area contributed by atoms with Crippen molar-refractivity contribution in [3.63, 3.8) is 0 Å². The van der Waals surface area contributed by atoms with Crippen molar-refractivity contribution >= 4 is 33.3 Å². The van der Waals surface area contributed by atoms with Gasteiger partial charge in [-0.05, 0) is 37.5 Å². The van der Waals surface area contributed by atoms with Crippen molar-refractivity contribution in [3.05, 3.63) is 39.6 Å². The van der Waals surface area contributed by atoms with Crippen LogP contribution in [0.3, 0.4) is 0 Å². The van der Waals surface area contributed by atoms with E-state index in [0.717, 1.165) is 32.7 Å². The lowest BCUT2D eigenvalue weighted by atomic mass is 9.99. The summed E-state index contributed by atoms with van der Waals surface area (Å²) in [7, 11) is 0. The Kier molecular flexibility index (Phi) is 4.53. The van der Waals surface area contributed by atoms with Crippen LogP contribution >= 0.6 is 11.3 Å². The van der Waals surface area contributed by atoms with Gasteiger partial charge in [-0.2, -0.15) is 0 Å². The summed E-state index contributed by atoms with van der Waals surface area (Å²) >= 11 is 1.34. The minimum Gasteiger partial charge on any atom is -0.464 e. The van der Waals surface area contributed by atoms with Crippen LogP contribution < -0.4 is 11.1 Å². The van der Waals surface area contributed by atoms with Crippen LogP contribution in [-0.2, 0) is 17.6 Å². The molecule has 0 saturated carbocycles. The summed E-state index contributed by atoms with van der Waals surface area (Å²) in [4.78, 5) is 12.2. The third-order valence-electron chi connectivity index (χ3n) is 4.12. The van der Waals surface area contributed by atoms with E-state index in [9.17, 15) is 4.79 Å². The van der Waals surface area contributed by atoms with Crippen LogP contribution in [0.1, 0.15) is 27.3 Å². The molecule has 0 atom stereocenters. The van der Waals surface area contributed by atoms with Gasteiger partial charge in [0.25, 0.3) is 0 Å². The molecule has 1 amide bonds. The van der Waals surface area contributed by atoms with Crippen molar-refractivity contribution in [1.82, 2.24) is 15.5 Å². The zero-order valence-electron chi connectivity index (χ0n) is 14.0. The summed E-state index contributed by atoms with van der Waals surface area (Å²) in [5, 5.41) is 12.9. The molecule has 24 heavy (non-hydrogen) atoms. The van der Waals surface area contributed by atoms with Gasteiger partial charge in [0.1, 0.15) is 10.6 Å². The molecule has 0 aliphatic carbocycles. The Morgan fingerprint density at radius 2 is 2.08 bits per heavy atom. The van der Waals surface area contributed by atoms with Crippen LogP contribution in [0.5, 0.6) is 0 Å². The molecule has 126 valence electrons. The van der Waals surface area contributed by atoms with Gasteiger partial charge in [0.05, 0.1) is 12.7 Å².